The molecule has 0 bridgehead atoms. The van der Waals surface area contributed by atoms with E-state index in [9.17, 15) is 5.11 Å². The van der Waals surface area contributed by atoms with Crippen molar-refractivity contribution in [2.75, 3.05) is 7.11 Å². The van der Waals surface area contributed by atoms with Crippen LogP contribution in [-0.2, 0) is 4.79 Å². The van der Waals surface area contributed by atoms with Gasteiger partial charge in [0.2, 0.25) is 0 Å². The van der Waals surface area contributed by atoms with Gasteiger partial charge in [0.1, 0.15) is 5.75 Å². The molecule has 1 saturated carbocycles. The van der Waals surface area contributed by atoms with Crippen molar-refractivity contribution in [1.29, 1.82) is 0 Å². The molecule has 0 radical (unpaired) electrons. The average molecular weight is 309 g/mol. The highest BCUT2D eigenvalue weighted by atomic mass is 16.5. The summed E-state index contributed by atoms with van der Waals surface area (Å²) in [5.74, 6) is 0.00216. The maximum Gasteiger partial charge on any atom is 0.300 e. The van der Waals surface area contributed by atoms with Gasteiger partial charge in [-0.3, -0.25) is 4.79 Å². The predicted octanol–water partition coefficient (Wildman–Crippen LogP) is 2.87. The van der Waals surface area contributed by atoms with E-state index in [1.165, 1.54) is 6.42 Å². The maximum absolute atomic E-state index is 10.5. The van der Waals surface area contributed by atoms with Gasteiger partial charge in [-0.2, -0.15) is 0 Å². The molecule has 0 amide bonds. The van der Waals surface area contributed by atoms with E-state index in [0.717, 1.165) is 43.9 Å². The average Bonchev–Trinajstić information content (AvgIpc) is 2.47. The number of carboxylic acid groups (broad SMARTS) is 1. The molecule has 5 heteroatoms. The van der Waals surface area contributed by atoms with Crippen molar-refractivity contribution in [1.82, 2.24) is 0 Å². The first-order chi connectivity index (χ1) is 10.4. The lowest BCUT2D eigenvalue weighted by molar-refractivity contribution is -0.134. The standard InChI is InChI=1S/C15H23NO2.C2H4O2/c1-18-13-7-5-12(6-8-13)14(16)11-15(17)9-3-2-4-10-15;1-2(3)4/h5-8,14,17H,2-4,9-11,16H2,1H3;1H3,(H,3,4). The third-order valence-electron chi connectivity index (χ3n) is 3.93. The van der Waals surface area contributed by atoms with Crippen molar-refractivity contribution in [3.8, 4) is 5.75 Å². The maximum atomic E-state index is 10.5. The Morgan fingerprint density at radius 1 is 1.27 bits per heavy atom. The molecule has 1 aromatic rings. The topological polar surface area (TPSA) is 92.8 Å². The second kappa shape index (κ2) is 8.76. The zero-order chi connectivity index (χ0) is 16.6. The van der Waals surface area contributed by atoms with Gasteiger partial charge in [0, 0.05) is 13.0 Å². The lowest BCUT2D eigenvalue weighted by Gasteiger charge is -2.34. The predicted molar refractivity (Wildman–Crippen MR) is 85.9 cm³/mol. The van der Waals surface area contributed by atoms with Crippen LogP contribution in [0.25, 0.3) is 0 Å². The van der Waals surface area contributed by atoms with Gasteiger partial charge < -0.3 is 20.7 Å². The van der Waals surface area contributed by atoms with E-state index in [1.54, 1.807) is 7.11 Å². The van der Waals surface area contributed by atoms with Crippen LogP contribution in [0, 0.1) is 0 Å². The number of methoxy groups -OCH3 is 1. The highest BCUT2D eigenvalue weighted by Crippen LogP contribution is 2.34. The third kappa shape index (κ3) is 6.45. The van der Waals surface area contributed by atoms with Crippen molar-refractivity contribution < 1.29 is 19.7 Å². The van der Waals surface area contributed by atoms with Crippen molar-refractivity contribution in [2.45, 2.75) is 57.1 Å². The molecule has 22 heavy (non-hydrogen) atoms. The van der Waals surface area contributed by atoms with E-state index in [1.807, 2.05) is 24.3 Å². The van der Waals surface area contributed by atoms with E-state index in [-0.39, 0.29) is 6.04 Å². The minimum atomic E-state index is -0.833. The molecule has 2 rings (SSSR count). The van der Waals surface area contributed by atoms with Crippen LogP contribution >= 0.6 is 0 Å². The summed E-state index contributed by atoms with van der Waals surface area (Å²) >= 11 is 0. The molecule has 1 unspecified atom stereocenters. The zero-order valence-corrected chi connectivity index (χ0v) is 13.4. The molecule has 5 nitrogen and oxygen atoms in total. The number of aliphatic carboxylic acids is 1. The number of rotatable bonds is 4. The number of carboxylic acids is 1. The van der Waals surface area contributed by atoms with Crippen LogP contribution in [0.4, 0.5) is 0 Å². The summed E-state index contributed by atoms with van der Waals surface area (Å²) in [6, 6.07) is 7.70. The van der Waals surface area contributed by atoms with E-state index >= 15 is 0 Å². The monoisotopic (exact) mass is 309 g/mol. The molecular weight excluding hydrogens is 282 g/mol. The Morgan fingerprint density at radius 3 is 2.23 bits per heavy atom. The number of nitrogens with two attached hydrogens (primary N) is 1. The Morgan fingerprint density at radius 2 is 1.77 bits per heavy atom. The summed E-state index contributed by atoms with van der Waals surface area (Å²) in [5, 5.41) is 17.9. The first-order valence-electron chi connectivity index (χ1n) is 7.68. The normalized spacial score (nSPS) is 17.8. The molecule has 1 aliphatic rings. The summed E-state index contributed by atoms with van der Waals surface area (Å²) in [5.41, 5.74) is 6.71. The van der Waals surface area contributed by atoms with Crippen LogP contribution in [-0.4, -0.2) is 28.9 Å². The number of aliphatic hydroxyl groups is 1. The van der Waals surface area contributed by atoms with Crippen LogP contribution < -0.4 is 10.5 Å². The molecule has 0 heterocycles. The van der Waals surface area contributed by atoms with Gasteiger partial charge in [0.25, 0.3) is 5.97 Å². The molecule has 0 spiro atoms. The Hall–Kier alpha value is -1.59. The van der Waals surface area contributed by atoms with Gasteiger partial charge in [-0.25, -0.2) is 0 Å². The van der Waals surface area contributed by atoms with E-state index < -0.39 is 11.6 Å². The number of carbonyl (C=O) groups is 1. The fourth-order valence-electron chi connectivity index (χ4n) is 2.79. The second-order valence-electron chi connectivity index (χ2n) is 5.89. The molecule has 1 fully saturated rings. The molecule has 0 aliphatic heterocycles. The van der Waals surface area contributed by atoms with Crippen LogP contribution in [0.5, 0.6) is 5.75 Å². The minimum Gasteiger partial charge on any atom is -0.497 e. The SMILES string of the molecule is CC(=O)O.COc1ccc(C(N)CC2(O)CCCCC2)cc1. The van der Waals surface area contributed by atoms with Crippen molar-refractivity contribution in [3.63, 3.8) is 0 Å². The van der Waals surface area contributed by atoms with Gasteiger partial charge >= 0.3 is 0 Å². The minimum absolute atomic E-state index is 0.0981. The second-order valence-corrected chi connectivity index (χ2v) is 5.89. The number of ether oxygens (including phenoxy) is 1. The molecule has 1 aromatic carbocycles. The number of hydrogen-bond acceptors (Lipinski definition) is 4. The molecule has 1 aliphatic carbocycles. The molecule has 1 atom stereocenters. The highest BCUT2D eigenvalue weighted by Gasteiger charge is 2.31. The van der Waals surface area contributed by atoms with Crippen LogP contribution in [0.2, 0.25) is 0 Å². The van der Waals surface area contributed by atoms with E-state index in [0.29, 0.717) is 6.42 Å². The van der Waals surface area contributed by atoms with Gasteiger partial charge in [0.05, 0.1) is 12.7 Å². The van der Waals surface area contributed by atoms with E-state index in [2.05, 4.69) is 0 Å². The zero-order valence-electron chi connectivity index (χ0n) is 13.4. The fourth-order valence-corrected chi connectivity index (χ4v) is 2.79. The summed E-state index contributed by atoms with van der Waals surface area (Å²) in [7, 11) is 1.65. The fraction of sp³-hybridized carbons (Fsp3) is 0.588. The lowest BCUT2D eigenvalue weighted by atomic mass is 9.79. The van der Waals surface area contributed by atoms with Gasteiger partial charge in [0.15, 0.2) is 0 Å². The highest BCUT2D eigenvalue weighted by molar-refractivity contribution is 5.62. The summed E-state index contributed by atoms with van der Waals surface area (Å²) in [4.78, 5) is 9.00. The smallest absolute Gasteiger partial charge is 0.300 e. The Labute approximate surface area is 132 Å². The first-order valence-corrected chi connectivity index (χ1v) is 7.68. The molecule has 124 valence electrons. The van der Waals surface area contributed by atoms with Gasteiger partial charge in [-0.1, -0.05) is 31.4 Å². The van der Waals surface area contributed by atoms with Crippen LogP contribution in [0.3, 0.4) is 0 Å². The Kier molecular flexibility index (Phi) is 7.35. The van der Waals surface area contributed by atoms with Crippen molar-refractivity contribution in [2.24, 2.45) is 5.73 Å². The lowest BCUT2D eigenvalue weighted by Crippen LogP contribution is -2.35. The van der Waals surface area contributed by atoms with Crippen molar-refractivity contribution in [3.05, 3.63) is 29.8 Å². The van der Waals surface area contributed by atoms with Crippen LogP contribution in [0.15, 0.2) is 24.3 Å². The summed E-state index contributed by atoms with van der Waals surface area (Å²) < 4.78 is 5.13. The van der Waals surface area contributed by atoms with Crippen molar-refractivity contribution >= 4 is 5.97 Å². The molecule has 0 aromatic heterocycles. The summed E-state index contributed by atoms with van der Waals surface area (Å²) in [6.07, 6.45) is 5.89. The Bertz CT molecular complexity index is 448. The number of hydrogen-bond donors (Lipinski definition) is 3. The summed E-state index contributed by atoms with van der Waals surface area (Å²) in [6.45, 7) is 1.08. The Balaban J connectivity index is 0.000000541. The third-order valence-corrected chi connectivity index (χ3v) is 3.93. The largest absolute Gasteiger partial charge is 0.497 e. The van der Waals surface area contributed by atoms with Gasteiger partial charge in [-0.15, -0.1) is 0 Å². The van der Waals surface area contributed by atoms with E-state index in [4.69, 9.17) is 20.4 Å². The molecular formula is C17H27NO4. The molecule has 0 saturated heterocycles. The quantitative estimate of drug-likeness (QED) is 0.795. The first kappa shape index (κ1) is 18.5. The molecule has 4 N–H and O–H groups in total. The van der Waals surface area contributed by atoms with Crippen LogP contribution in [0.1, 0.15) is 57.1 Å². The van der Waals surface area contributed by atoms with Gasteiger partial charge in [-0.05, 0) is 37.0 Å². The number of benzene rings is 1.